The Hall–Kier alpha value is -2.35. The summed E-state index contributed by atoms with van der Waals surface area (Å²) in [5.74, 6) is -0.893. The van der Waals surface area contributed by atoms with Gasteiger partial charge in [-0.15, -0.1) is 0 Å². The number of benzene rings is 1. The lowest BCUT2D eigenvalue weighted by Crippen LogP contribution is -2.26. The van der Waals surface area contributed by atoms with Crippen molar-refractivity contribution in [2.45, 2.75) is 0 Å². The lowest BCUT2D eigenvalue weighted by atomic mass is 10.3. The van der Waals surface area contributed by atoms with Crippen molar-refractivity contribution < 1.29 is 13.9 Å². The Morgan fingerprint density at radius 3 is 2.63 bits per heavy atom. The van der Waals surface area contributed by atoms with Crippen LogP contribution in [0.25, 0.3) is 0 Å². The Kier molecular flexibility index (Phi) is 5.55. The predicted molar refractivity (Wildman–Crippen MR) is 70.9 cm³/mol. The smallest absolute Gasteiger partial charge is 0.224 e. The summed E-state index contributed by atoms with van der Waals surface area (Å²) in [7, 11) is 1.53. The molecule has 0 amide bonds. The number of ether oxygens (including phenoxy) is 2. The van der Waals surface area contributed by atoms with Gasteiger partial charge < -0.3 is 26.7 Å². The van der Waals surface area contributed by atoms with Crippen LogP contribution in [-0.4, -0.2) is 32.2 Å². The van der Waals surface area contributed by atoms with Crippen LogP contribution < -0.4 is 21.9 Å². The highest BCUT2D eigenvalue weighted by molar-refractivity contribution is 5.93. The number of rotatable bonds is 5. The molecule has 0 heterocycles. The van der Waals surface area contributed by atoms with Crippen molar-refractivity contribution in [2.75, 3.05) is 20.3 Å². The maximum Gasteiger partial charge on any atom is 0.224 e. The lowest BCUT2D eigenvalue weighted by molar-refractivity contribution is 0.146. The van der Waals surface area contributed by atoms with Crippen molar-refractivity contribution in [2.24, 2.45) is 27.2 Å². The molecule has 0 fully saturated rings. The molecule has 0 bridgehead atoms. The van der Waals surface area contributed by atoms with E-state index < -0.39 is 5.82 Å². The first-order valence-corrected chi connectivity index (χ1v) is 5.38. The summed E-state index contributed by atoms with van der Waals surface area (Å²) in [6.07, 6.45) is 0. The topological polar surface area (TPSA) is 121 Å². The van der Waals surface area contributed by atoms with Crippen molar-refractivity contribution >= 4 is 17.6 Å². The average Bonchev–Trinajstić information content (AvgIpc) is 2.32. The minimum Gasteiger partial charge on any atom is -0.489 e. The number of guanidine groups is 2. The van der Waals surface area contributed by atoms with Gasteiger partial charge in [0.25, 0.3) is 0 Å². The second kappa shape index (κ2) is 7.17. The normalized spacial score (nSPS) is 11.2. The van der Waals surface area contributed by atoms with Crippen molar-refractivity contribution in [3.8, 4) is 5.75 Å². The van der Waals surface area contributed by atoms with Crippen LogP contribution in [0, 0.1) is 5.82 Å². The summed E-state index contributed by atoms with van der Waals surface area (Å²) in [5.41, 5.74) is 15.7. The molecule has 0 aliphatic rings. The van der Waals surface area contributed by atoms with Crippen molar-refractivity contribution in [3.63, 3.8) is 0 Å². The number of hydrogen-bond donors (Lipinski definition) is 3. The second-order valence-corrected chi connectivity index (χ2v) is 3.43. The molecule has 0 aromatic heterocycles. The van der Waals surface area contributed by atoms with Crippen molar-refractivity contribution in [1.29, 1.82) is 0 Å². The van der Waals surface area contributed by atoms with Gasteiger partial charge >= 0.3 is 0 Å². The van der Waals surface area contributed by atoms with Gasteiger partial charge in [-0.05, 0) is 12.1 Å². The standard InChI is InChI=1S/C11H16FN5O2/c1-18-5-6-19-8-4-2-3-7(12)9(8)16-11(15)17-10(13)14/h2-4H,5-6H2,1H3,(H6,13,14,15,16,17). The molecule has 0 aliphatic carbocycles. The number of methoxy groups -OCH3 is 1. The molecule has 0 spiro atoms. The molecule has 6 N–H and O–H groups in total. The molecule has 1 rings (SSSR count). The van der Waals surface area contributed by atoms with Crippen LogP contribution in [0.1, 0.15) is 0 Å². The van der Waals surface area contributed by atoms with Crippen LogP contribution in [0.4, 0.5) is 10.1 Å². The third-order valence-corrected chi connectivity index (χ3v) is 1.96. The fourth-order valence-electron chi connectivity index (χ4n) is 1.23. The van der Waals surface area contributed by atoms with E-state index in [1.807, 2.05) is 0 Å². The van der Waals surface area contributed by atoms with Gasteiger partial charge in [0.2, 0.25) is 5.96 Å². The third kappa shape index (κ3) is 4.80. The van der Waals surface area contributed by atoms with Gasteiger partial charge in [0.15, 0.2) is 11.8 Å². The fourth-order valence-corrected chi connectivity index (χ4v) is 1.23. The minimum absolute atomic E-state index is 0.0684. The predicted octanol–water partition coefficient (Wildman–Crippen LogP) is 0.0705. The van der Waals surface area contributed by atoms with Gasteiger partial charge in [0, 0.05) is 7.11 Å². The van der Waals surface area contributed by atoms with E-state index >= 15 is 0 Å². The van der Waals surface area contributed by atoms with Crippen LogP contribution in [-0.2, 0) is 4.74 Å². The summed E-state index contributed by atoms with van der Waals surface area (Å²) >= 11 is 0. The number of aliphatic imine (C=N–C) groups is 2. The molecule has 19 heavy (non-hydrogen) atoms. The SMILES string of the molecule is COCCOc1cccc(F)c1N=C(N)N=C(N)N. The molecule has 0 saturated carbocycles. The maximum atomic E-state index is 13.7. The van der Waals surface area contributed by atoms with Crippen LogP contribution in [0.5, 0.6) is 5.75 Å². The zero-order valence-corrected chi connectivity index (χ0v) is 10.5. The first-order chi connectivity index (χ1) is 9.04. The molecule has 0 unspecified atom stereocenters. The van der Waals surface area contributed by atoms with E-state index in [0.29, 0.717) is 6.61 Å². The van der Waals surface area contributed by atoms with Crippen molar-refractivity contribution in [1.82, 2.24) is 0 Å². The number of nitrogens with two attached hydrogens (primary N) is 3. The molecule has 1 aromatic carbocycles. The maximum absolute atomic E-state index is 13.7. The Bertz CT molecular complexity index is 486. The van der Waals surface area contributed by atoms with E-state index in [1.54, 1.807) is 6.07 Å². The molecule has 1 aromatic rings. The molecule has 0 atom stereocenters. The van der Waals surface area contributed by atoms with Crippen LogP contribution in [0.15, 0.2) is 28.2 Å². The minimum atomic E-state index is -0.594. The molecular weight excluding hydrogens is 253 g/mol. The van der Waals surface area contributed by atoms with Gasteiger partial charge in [0.1, 0.15) is 18.0 Å². The fraction of sp³-hybridized carbons (Fsp3) is 0.273. The highest BCUT2D eigenvalue weighted by Crippen LogP contribution is 2.30. The molecule has 0 aliphatic heterocycles. The zero-order chi connectivity index (χ0) is 14.3. The van der Waals surface area contributed by atoms with E-state index in [4.69, 9.17) is 26.7 Å². The largest absolute Gasteiger partial charge is 0.489 e. The Labute approximate surface area is 109 Å². The quantitative estimate of drug-likeness (QED) is 0.397. The summed E-state index contributed by atoms with van der Waals surface area (Å²) in [5, 5.41) is 0. The second-order valence-electron chi connectivity index (χ2n) is 3.43. The summed E-state index contributed by atoms with van der Waals surface area (Å²) < 4.78 is 23.8. The van der Waals surface area contributed by atoms with Crippen molar-refractivity contribution in [3.05, 3.63) is 24.0 Å². The molecule has 8 heteroatoms. The Balaban J connectivity index is 3.01. The third-order valence-electron chi connectivity index (χ3n) is 1.96. The monoisotopic (exact) mass is 269 g/mol. The van der Waals surface area contributed by atoms with E-state index in [9.17, 15) is 4.39 Å². The molecule has 0 radical (unpaired) electrons. The Morgan fingerprint density at radius 1 is 1.26 bits per heavy atom. The number of para-hydroxylation sites is 1. The molecule has 7 nitrogen and oxygen atoms in total. The van der Waals surface area contributed by atoms with Crippen LogP contribution in [0.3, 0.4) is 0 Å². The number of halogens is 1. The molecule has 0 saturated heterocycles. The van der Waals surface area contributed by atoms with Gasteiger partial charge in [-0.1, -0.05) is 6.07 Å². The zero-order valence-electron chi connectivity index (χ0n) is 10.5. The van der Waals surface area contributed by atoms with Crippen LogP contribution >= 0.6 is 0 Å². The van der Waals surface area contributed by atoms with E-state index in [0.717, 1.165) is 0 Å². The first kappa shape index (κ1) is 14.7. The number of nitrogens with zero attached hydrogens (tertiary/aromatic N) is 2. The Morgan fingerprint density at radius 2 is 2.00 bits per heavy atom. The first-order valence-electron chi connectivity index (χ1n) is 5.38. The summed E-state index contributed by atoms with van der Waals surface area (Å²) in [6.45, 7) is 0.619. The highest BCUT2D eigenvalue weighted by Gasteiger charge is 2.09. The van der Waals surface area contributed by atoms with Gasteiger partial charge in [0.05, 0.1) is 6.61 Å². The lowest BCUT2D eigenvalue weighted by Gasteiger charge is -2.09. The summed E-state index contributed by atoms with van der Waals surface area (Å²) in [4.78, 5) is 7.29. The van der Waals surface area contributed by atoms with Gasteiger partial charge in [-0.2, -0.15) is 4.99 Å². The summed E-state index contributed by atoms with van der Waals surface area (Å²) in [6, 6.07) is 4.28. The molecule has 104 valence electrons. The highest BCUT2D eigenvalue weighted by atomic mass is 19.1. The van der Waals surface area contributed by atoms with Crippen LogP contribution in [0.2, 0.25) is 0 Å². The van der Waals surface area contributed by atoms with Gasteiger partial charge in [-0.25, -0.2) is 9.38 Å². The van der Waals surface area contributed by atoms with Gasteiger partial charge in [-0.3, -0.25) is 0 Å². The van der Waals surface area contributed by atoms with E-state index in [-0.39, 0.29) is 30.0 Å². The average molecular weight is 269 g/mol. The van der Waals surface area contributed by atoms with E-state index in [2.05, 4.69) is 9.98 Å². The number of hydrogen-bond acceptors (Lipinski definition) is 3. The van der Waals surface area contributed by atoms with E-state index in [1.165, 1.54) is 19.2 Å². The molecular formula is C11H16FN5O2.